The number of benzene rings is 3. The third kappa shape index (κ3) is 5.93. The second kappa shape index (κ2) is 11.0. The fraction of sp³-hybridized carbons (Fsp3) is 0.111. The molecule has 0 spiro atoms. The molecule has 0 aromatic heterocycles. The van der Waals surface area contributed by atoms with Crippen molar-refractivity contribution in [2.45, 2.75) is 13.1 Å². The third-order valence-corrected chi connectivity index (χ3v) is 5.84. The topological polar surface area (TPSA) is 105 Å². The number of halogens is 4. The number of imide groups is 1. The Kier molecular flexibility index (Phi) is 7.73. The summed E-state index contributed by atoms with van der Waals surface area (Å²) in [5.41, 5.74) is -0.742. The van der Waals surface area contributed by atoms with Crippen LogP contribution in [0.25, 0.3) is 0 Å². The maximum absolute atomic E-state index is 13.1. The van der Waals surface area contributed by atoms with E-state index < -0.39 is 40.5 Å². The number of carbonyl (C=O) groups is 4. The van der Waals surface area contributed by atoms with Gasteiger partial charge >= 0.3 is 12.1 Å². The number of hydrogen-bond acceptors (Lipinski definition) is 6. The van der Waals surface area contributed by atoms with Gasteiger partial charge in [-0.25, -0.2) is 9.69 Å². The van der Waals surface area contributed by atoms with Crippen LogP contribution in [0.4, 0.5) is 30.2 Å². The minimum atomic E-state index is -4.57. The number of alkyl halides is 3. The highest BCUT2D eigenvalue weighted by molar-refractivity contribution is 6.53. The molecule has 0 saturated carbocycles. The maximum atomic E-state index is 13.1. The van der Waals surface area contributed by atoms with Gasteiger partial charge in [0.15, 0.2) is 0 Å². The zero-order valence-electron chi connectivity index (χ0n) is 20.1. The molecular weight excluding hydrogens is 539 g/mol. The van der Waals surface area contributed by atoms with Gasteiger partial charge < -0.3 is 15.4 Å². The zero-order valence-corrected chi connectivity index (χ0v) is 20.9. The number of ether oxygens (including phenoxy) is 1. The van der Waals surface area contributed by atoms with E-state index in [1.165, 1.54) is 60.7 Å². The molecular formula is C27H19ClF3N3O5. The van der Waals surface area contributed by atoms with Crippen LogP contribution in [0.15, 0.2) is 83.5 Å². The van der Waals surface area contributed by atoms with Crippen molar-refractivity contribution < 1.29 is 37.1 Å². The zero-order chi connectivity index (χ0) is 28.3. The Morgan fingerprint density at radius 3 is 2.28 bits per heavy atom. The summed E-state index contributed by atoms with van der Waals surface area (Å²) in [6.07, 6.45) is -4.57. The molecule has 3 aromatic rings. The lowest BCUT2D eigenvalue weighted by atomic mass is 10.1. The molecule has 2 N–H and O–H groups in total. The first-order valence-electron chi connectivity index (χ1n) is 11.4. The van der Waals surface area contributed by atoms with Gasteiger partial charge in [0, 0.05) is 16.9 Å². The van der Waals surface area contributed by atoms with Crippen LogP contribution in [0.1, 0.15) is 33.2 Å². The Hall–Kier alpha value is -4.64. The standard InChI is InChI=1S/C27H19ClF3N3O5/c1-2-39-26(38)16-7-4-11-20(13-16)34-24(36)21(28)22(25(34)37)32-18-9-3-6-15(12-18)23(35)33-19-10-5-8-17(14-19)27(29,30)31/h3-14,32H,2H2,1H3,(H,33,35). The van der Waals surface area contributed by atoms with Gasteiger partial charge in [-0.15, -0.1) is 0 Å². The Balaban J connectivity index is 1.52. The van der Waals surface area contributed by atoms with E-state index in [1.807, 2.05) is 0 Å². The summed E-state index contributed by atoms with van der Waals surface area (Å²) in [4.78, 5) is 51.5. The second-order valence-electron chi connectivity index (χ2n) is 8.14. The molecule has 3 aromatic carbocycles. The van der Waals surface area contributed by atoms with Crippen molar-refractivity contribution in [1.29, 1.82) is 0 Å². The van der Waals surface area contributed by atoms with Crippen molar-refractivity contribution in [2.24, 2.45) is 0 Å². The third-order valence-electron chi connectivity index (χ3n) is 5.48. The second-order valence-corrected chi connectivity index (χ2v) is 8.52. The minimum absolute atomic E-state index is 0.0591. The van der Waals surface area contributed by atoms with Crippen LogP contribution in [-0.4, -0.2) is 30.3 Å². The molecule has 0 aliphatic carbocycles. The highest BCUT2D eigenvalue weighted by Crippen LogP contribution is 2.32. The molecule has 39 heavy (non-hydrogen) atoms. The molecule has 12 heteroatoms. The number of rotatable bonds is 7. The fourth-order valence-corrected chi connectivity index (χ4v) is 3.90. The van der Waals surface area contributed by atoms with Crippen LogP contribution in [0.3, 0.4) is 0 Å². The van der Waals surface area contributed by atoms with Crippen molar-refractivity contribution in [1.82, 2.24) is 0 Å². The van der Waals surface area contributed by atoms with Gasteiger partial charge in [0.2, 0.25) is 0 Å². The highest BCUT2D eigenvalue weighted by Gasteiger charge is 2.39. The largest absolute Gasteiger partial charge is 0.462 e. The first-order chi connectivity index (χ1) is 18.5. The number of esters is 1. The number of carbonyl (C=O) groups excluding carboxylic acids is 4. The molecule has 0 bridgehead atoms. The lowest BCUT2D eigenvalue weighted by molar-refractivity contribution is -0.137. The summed E-state index contributed by atoms with van der Waals surface area (Å²) in [7, 11) is 0. The molecule has 1 aliphatic heterocycles. The maximum Gasteiger partial charge on any atom is 0.416 e. The lowest BCUT2D eigenvalue weighted by Crippen LogP contribution is -2.32. The minimum Gasteiger partial charge on any atom is -0.462 e. The van der Waals surface area contributed by atoms with Crippen LogP contribution in [0.5, 0.6) is 0 Å². The van der Waals surface area contributed by atoms with E-state index in [-0.39, 0.29) is 40.5 Å². The highest BCUT2D eigenvalue weighted by atomic mass is 35.5. The van der Waals surface area contributed by atoms with Gasteiger partial charge in [-0.1, -0.05) is 29.8 Å². The summed E-state index contributed by atoms with van der Waals surface area (Å²) in [5.74, 6) is -2.96. The van der Waals surface area contributed by atoms with E-state index in [0.717, 1.165) is 17.0 Å². The quantitative estimate of drug-likeness (QED) is 0.291. The monoisotopic (exact) mass is 557 g/mol. The van der Waals surface area contributed by atoms with Gasteiger partial charge in [-0.3, -0.25) is 14.4 Å². The van der Waals surface area contributed by atoms with E-state index in [9.17, 15) is 32.3 Å². The van der Waals surface area contributed by atoms with Gasteiger partial charge in [-0.2, -0.15) is 13.2 Å². The van der Waals surface area contributed by atoms with E-state index in [0.29, 0.717) is 0 Å². The Morgan fingerprint density at radius 1 is 0.897 bits per heavy atom. The summed E-state index contributed by atoms with van der Waals surface area (Å²) >= 11 is 6.17. The lowest BCUT2D eigenvalue weighted by Gasteiger charge is -2.16. The smallest absolute Gasteiger partial charge is 0.416 e. The van der Waals surface area contributed by atoms with Crippen molar-refractivity contribution in [3.63, 3.8) is 0 Å². The summed E-state index contributed by atoms with van der Waals surface area (Å²) < 4.78 is 43.9. The molecule has 200 valence electrons. The van der Waals surface area contributed by atoms with E-state index in [2.05, 4.69) is 10.6 Å². The molecule has 0 atom stereocenters. The molecule has 4 rings (SSSR count). The number of hydrogen-bond donors (Lipinski definition) is 2. The molecule has 0 saturated heterocycles. The van der Waals surface area contributed by atoms with E-state index in [4.69, 9.17) is 16.3 Å². The SMILES string of the molecule is CCOC(=O)c1cccc(N2C(=O)C(Cl)=C(Nc3cccc(C(=O)Nc4cccc(C(F)(F)F)c4)c3)C2=O)c1. The Bertz CT molecular complexity index is 1520. The summed E-state index contributed by atoms with van der Waals surface area (Å²) in [5, 5.41) is 4.71. The first kappa shape index (κ1) is 27.4. The molecule has 3 amide bonds. The predicted molar refractivity (Wildman–Crippen MR) is 137 cm³/mol. The van der Waals surface area contributed by atoms with Gasteiger partial charge in [-0.05, 0) is 61.5 Å². The Morgan fingerprint density at radius 2 is 1.56 bits per heavy atom. The van der Waals surface area contributed by atoms with Crippen molar-refractivity contribution in [3.8, 4) is 0 Å². The van der Waals surface area contributed by atoms with Crippen LogP contribution in [-0.2, 0) is 20.5 Å². The number of nitrogens with zero attached hydrogens (tertiary/aromatic N) is 1. The van der Waals surface area contributed by atoms with E-state index >= 15 is 0 Å². The molecule has 0 fully saturated rings. The Labute approximate surface area is 225 Å². The van der Waals surface area contributed by atoms with Crippen LogP contribution < -0.4 is 15.5 Å². The van der Waals surface area contributed by atoms with Crippen LogP contribution >= 0.6 is 11.6 Å². The van der Waals surface area contributed by atoms with E-state index in [1.54, 1.807) is 6.92 Å². The molecule has 1 heterocycles. The molecule has 0 unspecified atom stereocenters. The summed E-state index contributed by atoms with van der Waals surface area (Å²) in [6.45, 7) is 1.78. The van der Waals surface area contributed by atoms with Crippen LogP contribution in [0.2, 0.25) is 0 Å². The molecule has 8 nitrogen and oxygen atoms in total. The number of amides is 3. The average Bonchev–Trinajstić information content (AvgIpc) is 3.11. The van der Waals surface area contributed by atoms with Gasteiger partial charge in [0.05, 0.1) is 23.4 Å². The molecule has 1 aliphatic rings. The first-order valence-corrected chi connectivity index (χ1v) is 11.8. The summed E-state index contributed by atoms with van der Waals surface area (Å²) in [6, 6.07) is 15.6. The number of anilines is 3. The van der Waals surface area contributed by atoms with Crippen molar-refractivity contribution >= 4 is 52.4 Å². The van der Waals surface area contributed by atoms with Gasteiger partial charge in [0.25, 0.3) is 17.7 Å². The van der Waals surface area contributed by atoms with Crippen molar-refractivity contribution in [3.05, 3.63) is 100 Å². The fourth-order valence-electron chi connectivity index (χ4n) is 3.69. The average molecular weight is 558 g/mol. The van der Waals surface area contributed by atoms with Crippen LogP contribution in [0, 0.1) is 0 Å². The predicted octanol–water partition coefficient (Wildman–Crippen LogP) is 5.57. The normalized spacial score (nSPS) is 13.5. The van der Waals surface area contributed by atoms with Gasteiger partial charge in [0.1, 0.15) is 10.7 Å². The number of nitrogens with one attached hydrogen (secondary N) is 2. The molecule has 0 radical (unpaired) electrons. The van der Waals surface area contributed by atoms with Crippen molar-refractivity contribution in [2.75, 3.05) is 22.1 Å².